The van der Waals surface area contributed by atoms with E-state index in [1.807, 2.05) is 36.5 Å². The van der Waals surface area contributed by atoms with Crippen LogP contribution < -0.4 is 10.6 Å². The van der Waals surface area contributed by atoms with Crippen LogP contribution in [0.4, 0.5) is 0 Å². The van der Waals surface area contributed by atoms with E-state index in [1.54, 1.807) is 0 Å². The van der Waals surface area contributed by atoms with Crippen molar-refractivity contribution < 1.29 is 4.79 Å². The molecule has 0 saturated heterocycles. The van der Waals surface area contributed by atoms with Gasteiger partial charge in [0, 0.05) is 29.9 Å². The number of aromatic nitrogens is 2. The zero-order chi connectivity index (χ0) is 17.2. The molecule has 25 heavy (non-hydrogen) atoms. The molecule has 0 aliphatic heterocycles. The molecule has 1 amide bonds. The Morgan fingerprint density at radius 2 is 2.08 bits per heavy atom. The summed E-state index contributed by atoms with van der Waals surface area (Å²) in [6.07, 6.45) is 7.43. The molecule has 0 bridgehead atoms. The Bertz CT molecular complexity index is 735. The fourth-order valence-corrected chi connectivity index (χ4v) is 3.75. The highest BCUT2D eigenvalue weighted by atomic mass is 16.2. The number of carbonyl (C=O) groups excluding carboxylic acids is 1. The van der Waals surface area contributed by atoms with E-state index in [-0.39, 0.29) is 18.0 Å². The molecule has 5 nitrogen and oxygen atoms in total. The summed E-state index contributed by atoms with van der Waals surface area (Å²) < 4.78 is 2.09. The monoisotopic (exact) mass is 338 g/mol. The van der Waals surface area contributed by atoms with Gasteiger partial charge in [-0.15, -0.1) is 0 Å². The molecule has 0 radical (unpaired) electrons. The molecule has 0 spiro atoms. The Morgan fingerprint density at radius 1 is 1.28 bits per heavy atom. The molecule has 2 aliphatic carbocycles. The average Bonchev–Trinajstić information content (AvgIpc) is 3.35. The third kappa shape index (κ3) is 3.47. The molecule has 2 aliphatic rings. The number of carbonyl (C=O) groups is 1. The lowest BCUT2D eigenvalue weighted by Crippen LogP contribution is -2.40. The number of fused-ring (bicyclic) bond motifs is 1. The van der Waals surface area contributed by atoms with Crippen molar-refractivity contribution in [3.05, 3.63) is 53.3 Å². The summed E-state index contributed by atoms with van der Waals surface area (Å²) in [4.78, 5) is 12.8. The van der Waals surface area contributed by atoms with Crippen LogP contribution in [0.25, 0.3) is 0 Å². The third-order valence-corrected chi connectivity index (χ3v) is 5.25. The highest BCUT2D eigenvalue weighted by Crippen LogP contribution is 2.32. The first-order chi connectivity index (χ1) is 12.3. The van der Waals surface area contributed by atoms with Gasteiger partial charge in [0.25, 0.3) is 0 Å². The minimum absolute atomic E-state index is 0.0868. The molecule has 1 heterocycles. The second kappa shape index (κ2) is 7.00. The Kier molecular flexibility index (Phi) is 4.57. The van der Waals surface area contributed by atoms with Crippen molar-refractivity contribution in [1.82, 2.24) is 20.4 Å². The number of amides is 1. The quantitative estimate of drug-likeness (QED) is 0.851. The molecule has 5 heteroatoms. The van der Waals surface area contributed by atoms with E-state index in [1.165, 1.54) is 11.3 Å². The van der Waals surface area contributed by atoms with Crippen molar-refractivity contribution >= 4 is 5.91 Å². The van der Waals surface area contributed by atoms with Gasteiger partial charge in [-0.3, -0.25) is 14.8 Å². The van der Waals surface area contributed by atoms with E-state index in [9.17, 15) is 4.79 Å². The maximum absolute atomic E-state index is 12.8. The van der Waals surface area contributed by atoms with Crippen molar-refractivity contribution in [1.29, 1.82) is 0 Å². The van der Waals surface area contributed by atoms with Crippen LogP contribution in [0.3, 0.4) is 0 Å². The fraction of sp³-hybridized carbons (Fsp3) is 0.500. The summed E-state index contributed by atoms with van der Waals surface area (Å²) in [7, 11) is 0. The molecule has 0 unspecified atom stereocenters. The van der Waals surface area contributed by atoms with Gasteiger partial charge < -0.3 is 5.32 Å². The van der Waals surface area contributed by atoms with Crippen molar-refractivity contribution in [2.24, 2.45) is 0 Å². The first kappa shape index (κ1) is 16.3. The molecular weight excluding hydrogens is 312 g/mol. The molecular formula is C20H26N4O. The zero-order valence-electron chi connectivity index (χ0n) is 14.7. The highest BCUT2D eigenvalue weighted by Gasteiger charge is 2.32. The second-order valence-electron chi connectivity index (χ2n) is 7.10. The van der Waals surface area contributed by atoms with Crippen LogP contribution in [-0.4, -0.2) is 21.7 Å². The van der Waals surface area contributed by atoms with Crippen LogP contribution in [0.5, 0.6) is 0 Å². The van der Waals surface area contributed by atoms with E-state index in [2.05, 4.69) is 27.3 Å². The lowest BCUT2D eigenvalue weighted by Gasteiger charge is -2.29. The van der Waals surface area contributed by atoms with Gasteiger partial charge in [-0.2, -0.15) is 5.10 Å². The van der Waals surface area contributed by atoms with Gasteiger partial charge in [-0.05, 0) is 44.6 Å². The van der Waals surface area contributed by atoms with Gasteiger partial charge in [-0.25, -0.2) is 0 Å². The maximum Gasteiger partial charge on any atom is 0.241 e. The molecule has 132 valence electrons. The summed E-state index contributed by atoms with van der Waals surface area (Å²) in [6, 6.07) is 10.3. The van der Waals surface area contributed by atoms with Crippen molar-refractivity contribution in [2.75, 3.05) is 0 Å². The fourth-order valence-electron chi connectivity index (χ4n) is 3.75. The van der Waals surface area contributed by atoms with Gasteiger partial charge >= 0.3 is 0 Å². The summed E-state index contributed by atoms with van der Waals surface area (Å²) in [5.41, 5.74) is 3.60. The van der Waals surface area contributed by atoms with Gasteiger partial charge in [0.05, 0.1) is 6.20 Å². The highest BCUT2D eigenvalue weighted by molar-refractivity contribution is 5.83. The van der Waals surface area contributed by atoms with Gasteiger partial charge in [-0.1, -0.05) is 30.3 Å². The summed E-state index contributed by atoms with van der Waals surface area (Å²) >= 11 is 0. The predicted molar refractivity (Wildman–Crippen MR) is 97.1 cm³/mol. The van der Waals surface area contributed by atoms with Crippen LogP contribution in [0.2, 0.25) is 0 Å². The minimum Gasteiger partial charge on any atom is -0.352 e. The lowest BCUT2D eigenvalue weighted by molar-refractivity contribution is -0.123. The second-order valence-corrected chi connectivity index (χ2v) is 7.10. The predicted octanol–water partition coefficient (Wildman–Crippen LogP) is 2.89. The molecule has 4 rings (SSSR count). The van der Waals surface area contributed by atoms with E-state index in [0.717, 1.165) is 44.2 Å². The molecule has 1 aromatic heterocycles. The standard InChI is InChI=1S/C20H26N4O/c1-2-24-18-10-6-9-17(16(18)13-21-24)23-19(14-7-4-3-5-8-14)20(25)22-15-11-12-15/h3-5,7-8,13,15,17,19,23H,2,6,9-12H2,1H3,(H,22,25)/t17-,19-/m1/s1. The smallest absolute Gasteiger partial charge is 0.241 e. The van der Waals surface area contributed by atoms with Crippen LogP contribution >= 0.6 is 0 Å². The van der Waals surface area contributed by atoms with Crippen LogP contribution in [0, 0.1) is 0 Å². The number of hydrogen-bond donors (Lipinski definition) is 2. The number of rotatable bonds is 6. The Hall–Kier alpha value is -2.14. The Morgan fingerprint density at radius 3 is 2.80 bits per heavy atom. The molecule has 2 N–H and O–H groups in total. The maximum atomic E-state index is 12.8. The first-order valence-corrected chi connectivity index (χ1v) is 9.42. The van der Waals surface area contributed by atoms with Crippen molar-refractivity contribution in [2.45, 2.75) is 63.7 Å². The number of aryl methyl sites for hydroxylation is 1. The number of nitrogens with zero attached hydrogens (tertiary/aromatic N) is 2. The molecule has 2 atom stereocenters. The van der Waals surface area contributed by atoms with Crippen LogP contribution in [-0.2, 0) is 17.8 Å². The van der Waals surface area contributed by atoms with E-state index in [4.69, 9.17) is 0 Å². The van der Waals surface area contributed by atoms with Crippen molar-refractivity contribution in [3.8, 4) is 0 Å². The topological polar surface area (TPSA) is 59.0 Å². The van der Waals surface area contributed by atoms with Gasteiger partial charge in [0.2, 0.25) is 5.91 Å². The first-order valence-electron chi connectivity index (χ1n) is 9.42. The van der Waals surface area contributed by atoms with E-state index < -0.39 is 0 Å². The molecule has 1 saturated carbocycles. The number of nitrogens with one attached hydrogen (secondary N) is 2. The zero-order valence-corrected chi connectivity index (χ0v) is 14.7. The normalized spacial score (nSPS) is 20.8. The number of benzene rings is 1. The van der Waals surface area contributed by atoms with Gasteiger partial charge in [0.1, 0.15) is 6.04 Å². The van der Waals surface area contributed by atoms with E-state index >= 15 is 0 Å². The Balaban J connectivity index is 1.58. The molecule has 2 aromatic rings. The number of hydrogen-bond acceptors (Lipinski definition) is 3. The van der Waals surface area contributed by atoms with Crippen LogP contribution in [0.15, 0.2) is 36.5 Å². The van der Waals surface area contributed by atoms with Crippen molar-refractivity contribution in [3.63, 3.8) is 0 Å². The minimum atomic E-state index is -0.317. The SMILES string of the molecule is CCn1ncc2c1CCC[C@H]2N[C@@H](C(=O)NC1CC1)c1ccccc1. The van der Waals surface area contributed by atoms with Crippen LogP contribution in [0.1, 0.15) is 61.5 Å². The molecule has 1 aromatic carbocycles. The molecule has 1 fully saturated rings. The largest absolute Gasteiger partial charge is 0.352 e. The summed E-state index contributed by atoms with van der Waals surface area (Å²) in [5, 5.41) is 11.3. The van der Waals surface area contributed by atoms with E-state index in [0.29, 0.717) is 6.04 Å². The lowest BCUT2D eigenvalue weighted by atomic mass is 9.91. The van der Waals surface area contributed by atoms with Gasteiger partial charge in [0.15, 0.2) is 0 Å². The summed E-state index contributed by atoms with van der Waals surface area (Å²) in [5.74, 6) is 0.0868. The third-order valence-electron chi connectivity index (χ3n) is 5.25. The Labute approximate surface area is 148 Å². The average molecular weight is 338 g/mol. The summed E-state index contributed by atoms with van der Waals surface area (Å²) in [6.45, 7) is 3.02.